The third kappa shape index (κ3) is 9.91. The minimum atomic E-state index is 1.27. The summed E-state index contributed by atoms with van der Waals surface area (Å²) in [4.78, 5) is 0. The molecule has 0 amide bonds. The fraction of sp³-hybridized carbons (Fsp3) is 0.200. The predicted molar refractivity (Wildman–Crippen MR) is 48.7 cm³/mol. The Morgan fingerprint density at radius 2 is 1.90 bits per heavy atom. The fourth-order valence-corrected chi connectivity index (χ4v) is 0.316. The summed E-state index contributed by atoms with van der Waals surface area (Å²) in [5.74, 6) is 0. The Labute approximate surface area is 64.0 Å². The van der Waals surface area contributed by atoms with Crippen molar-refractivity contribution in [3.05, 3.63) is 36.5 Å². The van der Waals surface area contributed by atoms with Crippen LogP contribution in [0.2, 0.25) is 0 Å². The summed E-state index contributed by atoms with van der Waals surface area (Å²) in [7, 11) is 0. The first-order valence-corrected chi connectivity index (χ1v) is 3.06. The van der Waals surface area contributed by atoms with Gasteiger partial charge in [0.2, 0.25) is 0 Å². The summed E-state index contributed by atoms with van der Waals surface area (Å²) < 4.78 is 0. The maximum Gasteiger partial charge on any atom is -0.0401 e. The molecule has 0 N–H and O–H groups in total. The minimum absolute atomic E-state index is 1.27. The van der Waals surface area contributed by atoms with E-state index in [9.17, 15) is 0 Å². The highest BCUT2D eigenvalue weighted by Crippen LogP contribution is 1.92. The molecule has 0 aromatic carbocycles. The fourth-order valence-electron chi connectivity index (χ4n) is 0.316. The summed E-state index contributed by atoms with van der Waals surface area (Å²) >= 11 is 0. The van der Waals surface area contributed by atoms with E-state index in [2.05, 4.69) is 32.4 Å². The molecule has 0 bridgehead atoms. The summed E-state index contributed by atoms with van der Waals surface area (Å²) in [6.07, 6.45) is 15.8. The molecule has 0 spiro atoms. The van der Waals surface area contributed by atoms with Crippen molar-refractivity contribution in [2.45, 2.75) is 13.8 Å². The van der Waals surface area contributed by atoms with Crippen molar-refractivity contribution < 1.29 is 0 Å². The Morgan fingerprint density at radius 1 is 1.40 bits per heavy atom. The maximum absolute atomic E-state index is 4.00. The van der Waals surface area contributed by atoms with Gasteiger partial charge in [-0.15, -0.1) is 12.8 Å². The summed E-state index contributed by atoms with van der Waals surface area (Å²) in [6, 6.07) is 0. The Morgan fingerprint density at radius 3 is 2.20 bits per heavy atom. The Hall–Kier alpha value is -1.22. The number of hydrogen-bond acceptors (Lipinski definition) is 0. The van der Waals surface area contributed by atoms with Gasteiger partial charge < -0.3 is 0 Å². The first kappa shape index (κ1) is 11.6. The van der Waals surface area contributed by atoms with E-state index in [0.717, 1.165) is 0 Å². The molecule has 0 saturated carbocycles. The molecule has 0 aliphatic carbocycles. The number of allylic oxidation sites excluding steroid dienone is 5. The van der Waals surface area contributed by atoms with Crippen LogP contribution in [0.5, 0.6) is 0 Å². The van der Waals surface area contributed by atoms with Gasteiger partial charge in [0.1, 0.15) is 0 Å². The van der Waals surface area contributed by atoms with Crippen molar-refractivity contribution in [2.75, 3.05) is 0 Å². The average molecular weight is 134 g/mol. The van der Waals surface area contributed by atoms with E-state index in [1.807, 2.05) is 19.1 Å². The van der Waals surface area contributed by atoms with Gasteiger partial charge in [-0.05, 0) is 13.8 Å². The van der Waals surface area contributed by atoms with Gasteiger partial charge in [0.05, 0.1) is 0 Å². The molecular weight excluding hydrogens is 120 g/mol. The average Bonchev–Trinajstić information content (AvgIpc) is 2.04. The summed E-state index contributed by atoms with van der Waals surface area (Å²) in [6.45, 7) is 7.63. The molecule has 0 rings (SSSR count). The lowest BCUT2D eigenvalue weighted by Crippen LogP contribution is -1.60. The van der Waals surface area contributed by atoms with Crippen LogP contribution in [0.3, 0.4) is 0 Å². The Balaban J connectivity index is 0. The quantitative estimate of drug-likeness (QED) is 0.402. The van der Waals surface area contributed by atoms with Crippen LogP contribution in [0.1, 0.15) is 13.8 Å². The van der Waals surface area contributed by atoms with Crippen molar-refractivity contribution in [3.8, 4) is 12.8 Å². The molecule has 0 aliphatic heterocycles. The molecule has 0 aromatic heterocycles. The minimum Gasteiger partial charge on any atom is -0.124 e. The van der Waals surface area contributed by atoms with Crippen LogP contribution in [-0.4, -0.2) is 0 Å². The van der Waals surface area contributed by atoms with Crippen LogP contribution in [0.15, 0.2) is 36.5 Å². The molecule has 10 heavy (non-hydrogen) atoms. The molecule has 0 unspecified atom stereocenters. The van der Waals surface area contributed by atoms with Crippen LogP contribution in [0, 0.1) is 12.8 Å². The van der Waals surface area contributed by atoms with Gasteiger partial charge in [-0.1, -0.05) is 36.5 Å². The van der Waals surface area contributed by atoms with E-state index in [4.69, 9.17) is 0 Å². The van der Waals surface area contributed by atoms with E-state index in [-0.39, 0.29) is 0 Å². The standard InChI is InChI=1S/C8H12.C2H2/c1-4-6-7-8(3)5-2;1-2/h4-7H,1H2,2-3H3;1-2H/b7-6-,8-5-;. The van der Waals surface area contributed by atoms with E-state index in [0.29, 0.717) is 0 Å². The molecule has 0 aliphatic rings. The molecule has 0 aromatic rings. The number of hydrogen-bond donors (Lipinski definition) is 0. The van der Waals surface area contributed by atoms with Gasteiger partial charge in [0, 0.05) is 0 Å². The SMILES string of the molecule is C#C.C=C/C=C\C(C)=C/C. The molecule has 0 heterocycles. The zero-order valence-electron chi connectivity index (χ0n) is 6.67. The van der Waals surface area contributed by atoms with Gasteiger partial charge in [-0.2, -0.15) is 0 Å². The second-order valence-corrected chi connectivity index (χ2v) is 1.63. The van der Waals surface area contributed by atoms with E-state index >= 15 is 0 Å². The van der Waals surface area contributed by atoms with Crippen LogP contribution in [-0.2, 0) is 0 Å². The lowest BCUT2D eigenvalue weighted by Gasteiger charge is -1.82. The molecule has 0 heteroatoms. The molecule has 0 atom stereocenters. The summed E-state index contributed by atoms with van der Waals surface area (Å²) in [5, 5.41) is 0. The zero-order chi connectivity index (χ0) is 8.41. The molecule has 0 radical (unpaired) electrons. The van der Waals surface area contributed by atoms with Crippen LogP contribution < -0.4 is 0 Å². The van der Waals surface area contributed by atoms with Crippen molar-refractivity contribution >= 4 is 0 Å². The topological polar surface area (TPSA) is 0 Å². The zero-order valence-corrected chi connectivity index (χ0v) is 6.67. The Bertz CT molecular complexity index is 145. The number of rotatable bonds is 2. The molecule has 0 nitrogen and oxygen atoms in total. The Kier molecular flexibility index (Phi) is 12.4. The van der Waals surface area contributed by atoms with E-state index in [1.165, 1.54) is 5.57 Å². The lowest BCUT2D eigenvalue weighted by molar-refractivity contribution is 1.48. The first-order chi connectivity index (χ1) is 4.81. The van der Waals surface area contributed by atoms with Gasteiger partial charge in [0.25, 0.3) is 0 Å². The van der Waals surface area contributed by atoms with Gasteiger partial charge in [-0.25, -0.2) is 0 Å². The first-order valence-electron chi connectivity index (χ1n) is 3.06. The van der Waals surface area contributed by atoms with Crippen molar-refractivity contribution in [1.82, 2.24) is 0 Å². The second kappa shape index (κ2) is 10.7. The molecular formula is C10H14. The van der Waals surface area contributed by atoms with Gasteiger partial charge in [-0.3, -0.25) is 0 Å². The number of terminal acetylenes is 1. The lowest BCUT2D eigenvalue weighted by atomic mass is 10.3. The normalized spacial score (nSPS) is 10.2. The highest BCUT2D eigenvalue weighted by atomic mass is 13.8. The predicted octanol–water partition coefficient (Wildman–Crippen LogP) is 2.94. The molecule has 54 valence electrons. The van der Waals surface area contributed by atoms with E-state index < -0.39 is 0 Å². The highest BCUT2D eigenvalue weighted by Gasteiger charge is 1.70. The summed E-state index contributed by atoms with van der Waals surface area (Å²) in [5.41, 5.74) is 1.27. The van der Waals surface area contributed by atoms with Gasteiger partial charge in [0.15, 0.2) is 0 Å². The monoisotopic (exact) mass is 134 g/mol. The largest absolute Gasteiger partial charge is 0.124 e. The van der Waals surface area contributed by atoms with Gasteiger partial charge >= 0.3 is 0 Å². The third-order valence-corrected chi connectivity index (χ3v) is 0.951. The van der Waals surface area contributed by atoms with Crippen LogP contribution in [0.4, 0.5) is 0 Å². The van der Waals surface area contributed by atoms with E-state index in [1.54, 1.807) is 6.08 Å². The van der Waals surface area contributed by atoms with Crippen molar-refractivity contribution in [1.29, 1.82) is 0 Å². The van der Waals surface area contributed by atoms with Crippen molar-refractivity contribution in [3.63, 3.8) is 0 Å². The second-order valence-electron chi connectivity index (χ2n) is 1.63. The highest BCUT2D eigenvalue weighted by molar-refractivity contribution is 5.18. The van der Waals surface area contributed by atoms with Crippen molar-refractivity contribution in [2.24, 2.45) is 0 Å². The van der Waals surface area contributed by atoms with Crippen LogP contribution in [0.25, 0.3) is 0 Å². The maximum atomic E-state index is 4.00. The third-order valence-electron chi connectivity index (χ3n) is 0.951. The molecule has 0 saturated heterocycles. The van der Waals surface area contributed by atoms with Crippen LogP contribution >= 0.6 is 0 Å². The smallest absolute Gasteiger partial charge is 0.0401 e. The molecule has 0 fully saturated rings.